The molecule has 0 saturated heterocycles. The number of aromatic nitrogens is 4. The molecule has 0 aliphatic carbocycles. The zero-order valence-electron chi connectivity index (χ0n) is 10.00. The van der Waals surface area contributed by atoms with Crippen LogP contribution in [0.3, 0.4) is 0 Å². The monoisotopic (exact) mass is 256 g/mol. The molecular weight excluding hydrogens is 244 g/mol. The first-order chi connectivity index (χ1) is 8.81. The Morgan fingerprint density at radius 2 is 2.17 bits per heavy atom. The van der Waals surface area contributed by atoms with Gasteiger partial charge in [-0.15, -0.1) is 16.8 Å². The van der Waals surface area contributed by atoms with Gasteiger partial charge in [0.1, 0.15) is 5.52 Å². The first-order valence-corrected chi connectivity index (χ1v) is 6.61. The van der Waals surface area contributed by atoms with Crippen LogP contribution in [0.25, 0.3) is 22.1 Å². The van der Waals surface area contributed by atoms with Crippen molar-refractivity contribution in [2.45, 2.75) is 5.16 Å². The predicted octanol–water partition coefficient (Wildman–Crippen LogP) is 2.79. The van der Waals surface area contributed by atoms with Crippen molar-refractivity contribution in [1.29, 1.82) is 0 Å². The van der Waals surface area contributed by atoms with Gasteiger partial charge in [0, 0.05) is 18.2 Å². The largest absolute Gasteiger partial charge is 0.327 e. The van der Waals surface area contributed by atoms with Crippen LogP contribution in [0.15, 0.2) is 42.1 Å². The summed E-state index contributed by atoms with van der Waals surface area (Å²) in [7, 11) is 2.00. The molecule has 2 aromatic heterocycles. The number of para-hydroxylation sites is 1. The summed E-state index contributed by atoms with van der Waals surface area (Å²) in [4.78, 5) is 4.55. The molecule has 0 saturated carbocycles. The summed E-state index contributed by atoms with van der Waals surface area (Å²) in [6.07, 6.45) is 1.83. The molecule has 1 aromatic carbocycles. The Hall–Kier alpha value is -1.88. The van der Waals surface area contributed by atoms with Gasteiger partial charge in [0.25, 0.3) is 0 Å². The number of rotatable bonds is 3. The predicted molar refractivity (Wildman–Crippen MR) is 74.7 cm³/mol. The number of aryl methyl sites for hydroxylation is 1. The van der Waals surface area contributed by atoms with Crippen LogP contribution in [0.4, 0.5) is 0 Å². The molecule has 5 heteroatoms. The molecule has 18 heavy (non-hydrogen) atoms. The van der Waals surface area contributed by atoms with Crippen LogP contribution >= 0.6 is 11.8 Å². The summed E-state index contributed by atoms with van der Waals surface area (Å²) in [6, 6.07) is 8.13. The molecule has 4 nitrogen and oxygen atoms in total. The van der Waals surface area contributed by atoms with Gasteiger partial charge in [-0.25, -0.2) is 4.98 Å². The second kappa shape index (κ2) is 4.42. The summed E-state index contributed by atoms with van der Waals surface area (Å²) in [5.74, 6) is 0.789. The van der Waals surface area contributed by atoms with E-state index < -0.39 is 0 Å². The molecular formula is C13H12N4S. The minimum Gasteiger partial charge on any atom is -0.327 e. The third kappa shape index (κ3) is 1.67. The Kier molecular flexibility index (Phi) is 2.76. The molecule has 0 amide bonds. The van der Waals surface area contributed by atoms with Crippen molar-refractivity contribution in [3.63, 3.8) is 0 Å². The molecule has 3 rings (SSSR count). The lowest BCUT2D eigenvalue weighted by Gasteiger charge is -1.98. The lowest BCUT2D eigenvalue weighted by atomic mass is 10.2. The van der Waals surface area contributed by atoms with E-state index in [1.165, 1.54) is 11.8 Å². The minimum atomic E-state index is 0.688. The summed E-state index contributed by atoms with van der Waals surface area (Å²) in [5, 5.41) is 10.2. The topological polar surface area (TPSA) is 43.6 Å². The van der Waals surface area contributed by atoms with Crippen LogP contribution in [0.5, 0.6) is 0 Å². The van der Waals surface area contributed by atoms with Gasteiger partial charge in [0.05, 0.1) is 5.52 Å². The Balaban J connectivity index is 2.24. The van der Waals surface area contributed by atoms with Gasteiger partial charge < -0.3 is 4.57 Å². The normalized spacial score (nSPS) is 11.2. The van der Waals surface area contributed by atoms with E-state index in [4.69, 9.17) is 0 Å². The Morgan fingerprint density at radius 1 is 1.33 bits per heavy atom. The van der Waals surface area contributed by atoms with E-state index in [0.717, 1.165) is 27.8 Å². The molecule has 0 atom stereocenters. The molecule has 0 aliphatic heterocycles. The highest BCUT2D eigenvalue weighted by molar-refractivity contribution is 7.99. The number of benzene rings is 1. The van der Waals surface area contributed by atoms with E-state index in [-0.39, 0.29) is 0 Å². The highest BCUT2D eigenvalue weighted by atomic mass is 32.2. The number of nitrogens with zero attached hydrogens (tertiary/aromatic N) is 4. The van der Waals surface area contributed by atoms with Crippen LogP contribution in [0.2, 0.25) is 0 Å². The van der Waals surface area contributed by atoms with Crippen LogP contribution in [-0.2, 0) is 7.05 Å². The van der Waals surface area contributed by atoms with E-state index in [1.807, 2.05) is 31.3 Å². The quantitative estimate of drug-likeness (QED) is 0.534. The summed E-state index contributed by atoms with van der Waals surface area (Å²) < 4.78 is 2.05. The molecule has 0 bridgehead atoms. The lowest BCUT2D eigenvalue weighted by Crippen LogP contribution is -1.95. The van der Waals surface area contributed by atoms with Gasteiger partial charge in [0.2, 0.25) is 5.16 Å². The fraction of sp³-hybridized carbons (Fsp3) is 0.154. The third-order valence-corrected chi connectivity index (χ3v) is 3.65. The van der Waals surface area contributed by atoms with Crippen molar-refractivity contribution in [2.75, 3.05) is 5.75 Å². The fourth-order valence-electron chi connectivity index (χ4n) is 1.99. The third-order valence-electron chi connectivity index (χ3n) is 2.82. The molecule has 3 aromatic rings. The van der Waals surface area contributed by atoms with Gasteiger partial charge in [-0.05, 0) is 6.07 Å². The van der Waals surface area contributed by atoms with Crippen molar-refractivity contribution in [3.8, 4) is 0 Å². The molecule has 0 radical (unpaired) electrons. The van der Waals surface area contributed by atoms with E-state index in [1.54, 1.807) is 0 Å². The lowest BCUT2D eigenvalue weighted by molar-refractivity contribution is 0.856. The number of hydrogen-bond acceptors (Lipinski definition) is 4. The average Bonchev–Trinajstić information content (AvgIpc) is 2.71. The highest BCUT2D eigenvalue weighted by Gasteiger charge is 2.11. The van der Waals surface area contributed by atoms with Crippen LogP contribution < -0.4 is 0 Å². The van der Waals surface area contributed by atoms with E-state index in [0.29, 0.717) is 5.16 Å². The fourth-order valence-corrected chi connectivity index (χ4v) is 2.50. The number of thioether (sulfide) groups is 1. The van der Waals surface area contributed by atoms with E-state index >= 15 is 0 Å². The maximum absolute atomic E-state index is 4.55. The van der Waals surface area contributed by atoms with Crippen molar-refractivity contribution in [1.82, 2.24) is 19.7 Å². The number of fused-ring (bicyclic) bond motifs is 3. The minimum absolute atomic E-state index is 0.688. The Labute approximate surface area is 109 Å². The molecule has 0 fully saturated rings. The summed E-state index contributed by atoms with van der Waals surface area (Å²) >= 11 is 1.54. The second-order valence-corrected chi connectivity index (χ2v) is 4.93. The van der Waals surface area contributed by atoms with E-state index in [2.05, 4.69) is 32.4 Å². The molecule has 0 spiro atoms. The first kappa shape index (κ1) is 11.2. The Bertz CT molecular complexity index is 732. The van der Waals surface area contributed by atoms with Crippen molar-refractivity contribution in [3.05, 3.63) is 36.9 Å². The maximum atomic E-state index is 4.55. The van der Waals surface area contributed by atoms with Crippen molar-refractivity contribution in [2.24, 2.45) is 7.05 Å². The van der Waals surface area contributed by atoms with Crippen molar-refractivity contribution >= 4 is 33.8 Å². The summed E-state index contributed by atoms with van der Waals surface area (Å²) in [6.45, 7) is 3.69. The average molecular weight is 256 g/mol. The van der Waals surface area contributed by atoms with Gasteiger partial charge in [0.15, 0.2) is 5.65 Å². The van der Waals surface area contributed by atoms with Gasteiger partial charge in [-0.1, -0.05) is 36.0 Å². The van der Waals surface area contributed by atoms with Crippen molar-refractivity contribution < 1.29 is 0 Å². The zero-order chi connectivity index (χ0) is 12.5. The van der Waals surface area contributed by atoms with Crippen LogP contribution in [-0.4, -0.2) is 25.5 Å². The molecule has 0 N–H and O–H groups in total. The second-order valence-electron chi connectivity index (χ2n) is 3.94. The smallest absolute Gasteiger partial charge is 0.211 e. The number of hydrogen-bond donors (Lipinski definition) is 0. The highest BCUT2D eigenvalue weighted by Crippen LogP contribution is 2.25. The molecule has 0 unspecified atom stereocenters. The maximum Gasteiger partial charge on any atom is 0.211 e. The van der Waals surface area contributed by atoms with Gasteiger partial charge >= 0.3 is 0 Å². The van der Waals surface area contributed by atoms with Crippen LogP contribution in [0.1, 0.15) is 0 Å². The SMILES string of the molecule is C=CCSc1nnc2c3ccccc3n(C)c2n1. The zero-order valence-corrected chi connectivity index (χ0v) is 10.8. The Morgan fingerprint density at radius 3 is 3.00 bits per heavy atom. The standard InChI is InChI=1S/C13H12N4S/c1-3-8-18-13-14-12-11(15-16-13)9-6-4-5-7-10(9)17(12)2/h3-7H,1,8H2,2H3. The molecule has 0 aliphatic rings. The summed E-state index contributed by atoms with van der Waals surface area (Å²) in [5.41, 5.74) is 2.86. The molecule has 90 valence electrons. The van der Waals surface area contributed by atoms with Gasteiger partial charge in [-0.3, -0.25) is 0 Å². The van der Waals surface area contributed by atoms with Gasteiger partial charge in [-0.2, -0.15) is 0 Å². The van der Waals surface area contributed by atoms with Crippen LogP contribution in [0, 0.1) is 0 Å². The first-order valence-electron chi connectivity index (χ1n) is 5.63. The van der Waals surface area contributed by atoms with E-state index in [9.17, 15) is 0 Å². The molecule has 2 heterocycles.